The Morgan fingerprint density at radius 3 is 2.85 bits per heavy atom. The summed E-state index contributed by atoms with van der Waals surface area (Å²) >= 11 is 5.46. The van der Waals surface area contributed by atoms with Crippen LogP contribution in [0.25, 0.3) is 0 Å². The minimum Gasteiger partial charge on any atom is -0.491 e. The molecule has 1 atom stereocenters. The van der Waals surface area contributed by atoms with E-state index in [1.165, 1.54) is 12.1 Å². The first kappa shape index (κ1) is 10.3. The molecule has 1 rings (SSSR count). The fourth-order valence-corrected chi connectivity index (χ4v) is 0.901. The van der Waals surface area contributed by atoms with Crippen molar-refractivity contribution < 1.29 is 14.2 Å². The summed E-state index contributed by atoms with van der Waals surface area (Å²) in [5.74, 6) is -0.160. The summed E-state index contributed by atoms with van der Waals surface area (Å²) in [6.07, 6.45) is -0.571. The molecule has 0 fully saturated rings. The Kier molecular flexibility index (Phi) is 3.51. The highest BCUT2D eigenvalue weighted by Gasteiger charge is 2.02. The van der Waals surface area contributed by atoms with Gasteiger partial charge in [-0.2, -0.15) is 0 Å². The summed E-state index contributed by atoms with van der Waals surface area (Å²) in [5.41, 5.74) is 0. The smallest absolute Gasteiger partial charge is 0.145 e. The van der Waals surface area contributed by atoms with Crippen LogP contribution in [0.2, 0.25) is 5.02 Å². The van der Waals surface area contributed by atoms with Crippen molar-refractivity contribution >= 4 is 11.6 Å². The molecule has 0 heterocycles. The van der Waals surface area contributed by atoms with Crippen molar-refractivity contribution in [3.63, 3.8) is 0 Å². The average Bonchev–Trinajstić information content (AvgIpc) is 2.07. The Labute approximate surface area is 80.9 Å². The molecule has 1 aromatic carbocycles. The lowest BCUT2D eigenvalue weighted by atomic mass is 10.3. The van der Waals surface area contributed by atoms with E-state index in [4.69, 9.17) is 21.4 Å². The van der Waals surface area contributed by atoms with Gasteiger partial charge in [0.1, 0.15) is 18.2 Å². The van der Waals surface area contributed by atoms with Crippen molar-refractivity contribution in [1.29, 1.82) is 0 Å². The second-order valence-corrected chi connectivity index (χ2v) is 3.14. The van der Waals surface area contributed by atoms with Gasteiger partial charge in [-0.25, -0.2) is 4.39 Å². The third-order valence-electron chi connectivity index (χ3n) is 1.38. The van der Waals surface area contributed by atoms with Crippen LogP contribution in [-0.2, 0) is 0 Å². The maximum atomic E-state index is 12.8. The Morgan fingerprint density at radius 1 is 1.62 bits per heavy atom. The highest BCUT2D eigenvalue weighted by atomic mass is 35.5. The largest absolute Gasteiger partial charge is 0.491 e. The van der Waals surface area contributed by atoms with Crippen LogP contribution in [0.5, 0.6) is 5.75 Å². The van der Waals surface area contributed by atoms with Crippen LogP contribution in [0.3, 0.4) is 0 Å². The highest BCUT2D eigenvalue weighted by Crippen LogP contribution is 2.20. The summed E-state index contributed by atoms with van der Waals surface area (Å²) in [4.78, 5) is 0. The Hall–Kier alpha value is -0.800. The van der Waals surface area contributed by atoms with E-state index in [9.17, 15) is 4.39 Å². The van der Waals surface area contributed by atoms with E-state index in [1.807, 2.05) is 0 Å². The van der Waals surface area contributed by atoms with Gasteiger partial charge in [-0.3, -0.25) is 0 Å². The molecule has 0 spiro atoms. The van der Waals surface area contributed by atoms with E-state index >= 15 is 0 Å². The van der Waals surface area contributed by atoms with E-state index in [2.05, 4.69) is 0 Å². The SMILES string of the molecule is C[C@@H](O)COc1ccc(Cl)c(F)c1. The normalized spacial score (nSPS) is 12.6. The van der Waals surface area contributed by atoms with Crippen LogP contribution in [-0.4, -0.2) is 17.8 Å². The molecule has 72 valence electrons. The third kappa shape index (κ3) is 3.20. The van der Waals surface area contributed by atoms with Crippen LogP contribution in [0, 0.1) is 5.82 Å². The molecule has 1 aromatic rings. The molecule has 0 amide bonds. The van der Waals surface area contributed by atoms with Crippen molar-refractivity contribution in [2.45, 2.75) is 13.0 Å². The molecule has 0 saturated carbocycles. The topological polar surface area (TPSA) is 29.5 Å². The molecule has 0 aromatic heterocycles. The summed E-state index contributed by atoms with van der Waals surface area (Å²) in [6, 6.07) is 4.15. The number of hydrogen-bond acceptors (Lipinski definition) is 2. The van der Waals surface area contributed by atoms with Gasteiger partial charge in [0, 0.05) is 6.07 Å². The summed E-state index contributed by atoms with van der Waals surface area (Å²) in [5, 5.41) is 8.95. The summed E-state index contributed by atoms with van der Waals surface area (Å²) in [6.45, 7) is 1.73. The van der Waals surface area contributed by atoms with Gasteiger partial charge in [0.25, 0.3) is 0 Å². The summed E-state index contributed by atoms with van der Waals surface area (Å²) in [7, 11) is 0. The zero-order valence-electron chi connectivity index (χ0n) is 7.13. The number of hydrogen-bond donors (Lipinski definition) is 1. The average molecular weight is 205 g/mol. The van der Waals surface area contributed by atoms with E-state index in [1.54, 1.807) is 13.0 Å². The molecule has 0 aliphatic carbocycles. The standard InChI is InChI=1S/C9H10ClFO2/c1-6(12)5-13-7-2-3-8(10)9(11)4-7/h2-4,6,12H,5H2,1H3/t6-/m1/s1. The van der Waals surface area contributed by atoms with Crippen LogP contribution < -0.4 is 4.74 Å². The maximum absolute atomic E-state index is 12.8. The van der Waals surface area contributed by atoms with Crippen molar-refractivity contribution in [2.24, 2.45) is 0 Å². The van der Waals surface area contributed by atoms with Gasteiger partial charge in [-0.15, -0.1) is 0 Å². The van der Waals surface area contributed by atoms with Gasteiger partial charge < -0.3 is 9.84 Å². The van der Waals surface area contributed by atoms with Crippen molar-refractivity contribution in [3.8, 4) is 5.75 Å². The number of rotatable bonds is 3. The van der Waals surface area contributed by atoms with Crippen LogP contribution >= 0.6 is 11.6 Å². The quantitative estimate of drug-likeness (QED) is 0.818. The van der Waals surface area contributed by atoms with E-state index < -0.39 is 11.9 Å². The maximum Gasteiger partial charge on any atom is 0.145 e. The molecule has 4 heteroatoms. The number of halogens is 2. The van der Waals surface area contributed by atoms with Gasteiger partial charge in [-0.1, -0.05) is 11.6 Å². The molecule has 2 nitrogen and oxygen atoms in total. The summed E-state index contributed by atoms with van der Waals surface area (Å²) < 4.78 is 17.9. The molecular weight excluding hydrogens is 195 g/mol. The van der Waals surface area contributed by atoms with Crippen LogP contribution in [0.1, 0.15) is 6.92 Å². The van der Waals surface area contributed by atoms with E-state index in [0.29, 0.717) is 5.75 Å². The molecule has 0 aliphatic heterocycles. The predicted molar refractivity (Wildman–Crippen MR) is 48.6 cm³/mol. The zero-order valence-corrected chi connectivity index (χ0v) is 7.88. The van der Waals surface area contributed by atoms with Gasteiger partial charge in [0.15, 0.2) is 0 Å². The number of aliphatic hydroxyl groups excluding tert-OH is 1. The fourth-order valence-electron chi connectivity index (χ4n) is 0.783. The lowest BCUT2D eigenvalue weighted by Crippen LogP contribution is -2.12. The number of aliphatic hydroxyl groups is 1. The van der Waals surface area contributed by atoms with Gasteiger partial charge in [0.2, 0.25) is 0 Å². The molecule has 0 unspecified atom stereocenters. The minimum absolute atomic E-state index is 0.0596. The van der Waals surface area contributed by atoms with Gasteiger partial charge in [0.05, 0.1) is 11.1 Å². The van der Waals surface area contributed by atoms with Gasteiger partial charge >= 0.3 is 0 Å². The molecule has 0 bridgehead atoms. The fraction of sp³-hybridized carbons (Fsp3) is 0.333. The Morgan fingerprint density at radius 2 is 2.31 bits per heavy atom. The lowest BCUT2D eigenvalue weighted by Gasteiger charge is -2.07. The first-order valence-corrected chi connectivity index (χ1v) is 4.23. The number of ether oxygens (including phenoxy) is 1. The third-order valence-corrected chi connectivity index (χ3v) is 1.69. The van der Waals surface area contributed by atoms with Crippen molar-refractivity contribution in [3.05, 3.63) is 29.0 Å². The van der Waals surface area contributed by atoms with Crippen molar-refractivity contribution in [2.75, 3.05) is 6.61 Å². The molecule has 13 heavy (non-hydrogen) atoms. The first-order chi connectivity index (χ1) is 6.09. The van der Waals surface area contributed by atoms with Crippen LogP contribution in [0.15, 0.2) is 18.2 Å². The second kappa shape index (κ2) is 4.44. The molecular formula is C9H10ClFO2. The molecule has 1 N–H and O–H groups in total. The first-order valence-electron chi connectivity index (χ1n) is 3.85. The predicted octanol–water partition coefficient (Wildman–Crippen LogP) is 2.24. The second-order valence-electron chi connectivity index (χ2n) is 2.74. The van der Waals surface area contributed by atoms with Crippen LogP contribution in [0.4, 0.5) is 4.39 Å². The zero-order chi connectivity index (χ0) is 9.84. The Bertz CT molecular complexity index is 289. The highest BCUT2D eigenvalue weighted by molar-refractivity contribution is 6.30. The molecule has 0 saturated heterocycles. The van der Waals surface area contributed by atoms with Crippen molar-refractivity contribution in [1.82, 2.24) is 0 Å². The molecule has 0 aliphatic rings. The van der Waals surface area contributed by atoms with E-state index in [0.717, 1.165) is 0 Å². The Balaban J connectivity index is 2.63. The van der Waals surface area contributed by atoms with E-state index in [-0.39, 0.29) is 11.6 Å². The van der Waals surface area contributed by atoms with Gasteiger partial charge in [-0.05, 0) is 19.1 Å². The monoisotopic (exact) mass is 204 g/mol. The minimum atomic E-state index is -0.571. The lowest BCUT2D eigenvalue weighted by molar-refractivity contribution is 0.122. The number of benzene rings is 1. The molecule has 0 radical (unpaired) electrons.